The molecule has 0 bridgehead atoms. The van der Waals surface area contributed by atoms with Gasteiger partial charge in [0.15, 0.2) is 6.23 Å². The highest BCUT2D eigenvalue weighted by atomic mass is 16.7. The Morgan fingerprint density at radius 1 is 1.26 bits per heavy atom. The molecule has 2 aliphatic rings. The molecule has 2 fully saturated rings. The zero-order valence-electron chi connectivity index (χ0n) is 11.9. The summed E-state index contributed by atoms with van der Waals surface area (Å²) >= 11 is 0. The summed E-state index contributed by atoms with van der Waals surface area (Å²) in [7, 11) is -0.458. The van der Waals surface area contributed by atoms with Gasteiger partial charge in [-0.15, -0.1) is 5.10 Å². The van der Waals surface area contributed by atoms with Gasteiger partial charge in [-0.25, -0.2) is 4.68 Å². The highest BCUT2D eigenvalue weighted by Crippen LogP contribution is 2.36. The molecule has 0 radical (unpaired) electrons. The van der Waals surface area contributed by atoms with Crippen molar-refractivity contribution in [3.63, 3.8) is 0 Å². The Kier molecular flexibility index (Phi) is 2.96. The van der Waals surface area contributed by atoms with Crippen LogP contribution in [0.4, 0.5) is 0 Å². The van der Waals surface area contributed by atoms with E-state index in [2.05, 4.69) is 10.3 Å². The van der Waals surface area contributed by atoms with Crippen molar-refractivity contribution in [3.05, 3.63) is 6.20 Å². The van der Waals surface area contributed by atoms with Gasteiger partial charge in [-0.3, -0.25) is 0 Å². The molecule has 0 saturated carbocycles. The van der Waals surface area contributed by atoms with E-state index in [4.69, 9.17) is 14.0 Å². The first-order valence-electron chi connectivity index (χ1n) is 6.78. The SMILES string of the molecule is CC1(C)OB(c2cn(C3CCCO3)nn2)OC1(C)C. The maximum absolute atomic E-state index is 5.95. The summed E-state index contributed by atoms with van der Waals surface area (Å²) in [6.45, 7) is 8.89. The molecule has 1 aromatic rings. The predicted octanol–water partition coefficient (Wildman–Crippen LogP) is 0.886. The third-order valence-corrected chi connectivity index (χ3v) is 4.22. The molecule has 6 nitrogen and oxygen atoms in total. The molecule has 2 aliphatic heterocycles. The van der Waals surface area contributed by atoms with E-state index < -0.39 is 7.12 Å². The van der Waals surface area contributed by atoms with Crippen LogP contribution in [0.1, 0.15) is 46.8 Å². The van der Waals surface area contributed by atoms with Crippen molar-refractivity contribution in [2.45, 2.75) is 58.0 Å². The van der Waals surface area contributed by atoms with Crippen LogP contribution >= 0.6 is 0 Å². The first kappa shape index (κ1) is 13.1. The van der Waals surface area contributed by atoms with Crippen molar-refractivity contribution in [2.75, 3.05) is 6.61 Å². The fourth-order valence-corrected chi connectivity index (χ4v) is 2.27. The Morgan fingerprint density at radius 2 is 1.95 bits per heavy atom. The number of nitrogens with zero attached hydrogens (tertiary/aromatic N) is 3. The second kappa shape index (κ2) is 4.29. The quantitative estimate of drug-likeness (QED) is 0.743. The molecular weight excluding hydrogens is 245 g/mol. The number of hydrogen-bond donors (Lipinski definition) is 0. The highest BCUT2D eigenvalue weighted by Gasteiger charge is 2.52. The van der Waals surface area contributed by atoms with Crippen LogP contribution in [0.3, 0.4) is 0 Å². The lowest BCUT2D eigenvalue weighted by molar-refractivity contribution is 0.00578. The molecule has 7 heteroatoms. The molecule has 19 heavy (non-hydrogen) atoms. The van der Waals surface area contributed by atoms with E-state index in [1.807, 2.05) is 33.9 Å². The van der Waals surface area contributed by atoms with Crippen LogP contribution in [-0.2, 0) is 14.0 Å². The van der Waals surface area contributed by atoms with Crippen LogP contribution < -0.4 is 5.59 Å². The third-order valence-electron chi connectivity index (χ3n) is 4.22. The summed E-state index contributed by atoms with van der Waals surface area (Å²) < 4.78 is 19.2. The molecule has 0 N–H and O–H groups in total. The Hall–Kier alpha value is -0.915. The number of rotatable bonds is 2. The minimum Gasteiger partial charge on any atom is -0.398 e. The van der Waals surface area contributed by atoms with E-state index in [1.54, 1.807) is 4.68 Å². The van der Waals surface area contributed by atoms with E-state index in [0.717, 1.165) is 19.4 Å². The second-order valence-corrected chi connectivity index (χ2v) is 6.18. The first-order chi connectivity index (χ1) is 8.89. The van der Waals surface area contributed by atoms with Gasteiger partial charge in [-0.2, -0.15) is 0 Å². The summed E-state index contributed by atoms with van der Waals surface area (Å²) in [5.41, 5.74) is -0.00878. The van der Waals surface area contributed by atoms with Gasteiger partial charge in [0.25, 0.3) is 0 Å². The molecule has 1 aromatic heterocycles. The lowest BCUT2D eigenvalue weighted by atomic mass is 9.86. The maximum atomic E-state index is 5.95. The van der Waals surface area contributed by atoms with Gasteiger partial charge < -0.3 is 14.0 Å². The third kappa shape index (κ3) is 2.20. The van der Waals surface area contributed by atoms with E-state index in [0.29, 0.717) is 5.59 Å². The van der Waals surface area contributed by atoms with E-state index in [9.17, 15) is 0 Å². The van der Waals surface area contributed by atoms with E-state index in [-0.39, 0.29) is 17.4 Å². The van der Waals surface area contributed by atoms with Crippen LogP contribution in [0.5, 0.6) is 0 Å². The minimum atomic E-state index is -0.458. The van der Waals surface area contributed by atoms with Gasteiger partial charge in [-0.05, 0) is 40.5 Å². The smallest absolute Gasteiger partial charge is 0.398 e. The van der Waals surface area contributed by atoms with Gasteiger partial charge in [0, 0.05) is 12.8 Å². The lowest BCUT2D eigenvalue weighted by Crippen LogP contribution is -2.41. The Morgan fingerprint density at radius 3 is 2.53 bits per heavy atom. The zero-order chi connectivity index (χ0) is 13.7. The van der Waals surface area contributed by atoms with Crippen molar-refractivity contribution in [3.8, 4) is 0 Å². The fraction of sp³-hybridized carbons (Fsp3) is 0.833. The molecule has 3 rings (SSSR count). The standard InChI is InChI=1S/C12H20BN3O3/c1-11(2)12(3,4)19-13(18-11)9-8-16(15-14-9)10-6-5-7-17-10/h8,10H,5-7H2,1-4H3. The first-order valence-corrected chi connectivity index (χ1v) is 6.78. The van der Waals surface area contributed by atoms with Gasteiger partial charge in [0.2, 0.25) is 0 Å². The van der Waals surface area contributed by atoms with Crippen LogP contribution in [0, 0.1) is 0 Å². The molecule has 0 aromatic carbocycles. The highest BCUT2D eigenvalue weighted by molar-refractivity contribution is 6.61. The fourth-order valence-electron chi connectivity index (χ4n) is 2.27. The molecular formula is C12H20BN3O3. The summed E-state index contributed by atoms with van der Waals surface area (Å²) in [5, 5.41) is 8.28. The molecule has 3 heterocycles. The molecule has 1 atom stereocenters. The molecule has 0 amide bonds. The summed E-state index contributed by atoms with van der Waals surface area (Å²) in [6.07, 6.45) is 3.91. The van der Waals surface area contributed by atoms with Crippen molar-refractivity contribution in [1.82, 2.24) is 15.0 Å². The minimum absolute atomic E-state index is 0.00340. The van der Waals surface area contributed by atoms with E-state index >= 15 is 0 Å². The van der Waals surface area contributed by atoms with Crippen LogP contribution in [0.15, 0.2) is 6.20 Å². The molecule has 1 unspecified atom stereocenters. The van der Waals surface area contributed by atoms with Gasteiger partial charge in [0.1, 0.15) is 5.59 Å². The topological polar surface area (TPSA) is 58.4 Å². The number of hydrogen-bond acceptors (Lipinski definition) is 5. The number of ether oxygens (including phenoxy) is 1. The Labute approximate surface area is 113 Å². The monoisotopic (exact) mass is 265 g/mol. The lowest BCUT2D eigenvalue weighted by Gasteiger charge is -2.32. The van der Waals surface area contributed by atoms with Crippen molar-refractivity contribution >= 4 is 12.7 Å². The van der Waals surface area contributed by atoms with E-state index in [1.165, 1.54) is 0 Å². The molecule has 2 saturated heterocycles. The summed E-state index contributed by atoms with van der Waals surface area (Å²) in [6, 6.07) is 0. The van der Waals surface area contributed by atoms with Crippen LogP contribution in [0.25, 0.3) is 0 Å². The average molecular weight is 265 g/mol. The van der Waals surface area contributed by atoms with Gasteiger partial charge >= 0.3 is 7.12 Å². The molecule has 104 valence electrons. The van der Waals surface area contributed by atoms with Crippen LogP contribution in [0.2, 0.25) is 0 Å². The van der Waals surface area contributed by atoms with Crippen molar-refractivity contribution in [2.24, 2.45) is 0 Å². The van der Waals surface area contributed by atoms with Crippen LogP contribution in [-0.4, -0.2) is 39.9 Å². The largest absolute Gasteiger partial charge is 0.518 e. The second-order valence-electron chi connectivity index (χ2n) is 6.18. The molecule has 0 aliphatic carbocycles. The average Bonchev–Trinajstić information content (AvgIpc) is 3.00. The number of aromatic nitrogens is 3. The zero-order valence-corrected chi connectivity index (χ0v) is 11.9. The van der Waals surface area contributed by atoms with Crippen molar-refractivity contribution in [1.29, 1.82) is 0 Å². The predicted molar refractivity (Wildman–Crippen MR) is 70.0 cm³/mol. The Balaban J connectivity index is 1.77. The molecule has 0 spiro atoms. The summed E-state index contributed by atoms with van der Waals surface area (Å²) in [4.78, 5) is 0. The van der Waals surface area contributed by atoms with Gasteiger partial charge in [-0.1, -0.05) is 5.21 Å². The maximum Gasteiger partial charge on any atom is 0.518 e. The van der Waals surface area contributed by atoms with Crippen molar-refractivity contribution < 1.29 is 14.0 Å². The summed E-state index contributed by atoms with van der Waals surface area (Å²) in [5.74, 6) is 0. The Bertz CT molecular complexity index is 453. The normalized spacial score (nSPS) is 29.1. The van der Waals surface area contributed by atoms with Gasteiger partial charge in [0.05, 0.1) is 11.2 Å².